The van der Waals surface area contributed by atoms with Crippen molar-refractivity contribution < 1.29 is 5.11 Å². The highest BCUT2D eigenvalue weighted by atomic mass is 79.9. The lowest BCUT2D eigenvalue weighted by molar-refractivity contribution is 0.199. The number of aliphatic hydroxyl groups excluding tert-OH is 1. The molecule has 0 unspecified atom stereocenters. The Balaban J connectivity index is 2.30. The summed E-state index contributed by atoms with van der Waals surface area (Å²) in [7, 11) is 2.04. The number of hydrogen-bond donors (Lipinski definition) is 1. The Morgan fingerprint density at radius 2 is 1.80 bits per heavy atom. The SMILES string of the molecule is CCc1ccc(N(C)c2ccc([C@@H](C)O)cc2Br)cc1. The van der Waals surface area contributed by atoms with Crippen molar-refractivity contribution in [1.29, 1.82) is 0 Å². The maximum atomic E-state index is 9.62. The summed E-state index contributed by atoms with van der Waals surface area (Å²) in [4.78, 5) is 2.13. The average molecular weight is 334 g/mol. The topological polar surface area (TPSA) is 23.5 Å². The predicted octanol–water partition coefficient (Wildman–Crippen LogP) is 4.83. The maximum Gasteiger partial charge on any atom is 0.0762 e. The summed E-state index contributed by atoms with van der Waals surface area (Å²) in [6.45, 7) is 3.93. The molecule has 0 fully saturated rings. The first-order chi connectivity index (χ1) is 9.52. The molecule has 0 aliphatic carbocycles. The van der Waals surface area contributed by atoms with Gasteiger partial charge in [-0.1, -0.05) is 25.1 Å². The summed E-state index contributed by atoms with van der Waals surface area (Å²) >= 11 is 3.59. The van der Waals surface area contributed by atoms with Gasteiger partial charge in [0.05, 0.1) is 11.8 Å². The summed E-state index contributed by atoms with van der Waals surface area (Å²) in [5, 5.41) is 9.62. The summed E-state index contributed by atoms with van der Waals surface area (Å²) in [5.41, 5.74) is 4.48. The molecule has 20 heavy (non-hydrogen) atoms. The Morgan fingerprint density at radius 3 is 2.30 bits per heavy atom. The van der Waals surface area contributed by atoms with Crippen LogP contribution in [-0.4, -0.2) is 12.2 Å². The van der Waals surface area contributed by atoms with Gasteiger partial charge in [-0.05, 0) is 64.7 Å². The fraction of sp³-hybridized carbons (Fsp3) is 0.294. The number of nitrogens with zero attached hydrogens (tertiary/aromatic N) is 1. The minimum Gasteiger partial charge on any atom is -0.389 e. The third kappa shape index (κ3) is 3.22. The Morgan fingerprint density at radius 1 is 1.15 bits per heavy atom. The molecule has 3 heteroatoms. The predicted molar refractivity (Wildman–Crippen MR) is 88.7 cm³/mol. The van der Waals surface area contributed by atoms with Crippen LogP contribution < -0.4 is 4.90 Å². The third-order valence-electron chi connectivity index (χ3n) is 3.55. The van der Waals surface area contributed by atoms with Gasteiger partial charge in [0, 0.05) is 17.2 Å². The quantitative estimate of drug-likeness (QED) is 0.865. The van der Waals surface area contributed by atoms with Gasteiger partial charge in [-0.25, -0.2) is 0 Å². The van der Waals surface area contributed by atoms with Crippen LogP contribution in [0.4, 0.5) is 11.4 Å². The lowest BCUT2D eigenvalue weighted by Gasteiger charge is -2.22. The summed E-state index contributed by atoms with van der Waals surface area (Å²) < 4.78 is 0.984. The van der Waals surface area contributed by atoms with Crippen molar-refractivity contribution in [3.8, 4) is 0 Å². The molecule has 1 N–H and O–H groups in total. The van der Waals surface area contributed by atoms with Crippen LogP contribution >= 0.6 is 15.9 Å². The van der Waals surface area contributed by atoms with Crippen molar-refractivity contribution in [2.45, 2.75) is 26.4 Å². The van der Waals surface area contributed by atoms with Gasteiger partial charge in [-0.2, -0.15) is 0 Å². The molecular formula is C17H20BrNO. The van der Waals surface area contributed by atoms with E-state index < -0.39 is 6.10 Å². The Kier molecular flexibility index (Phi) is 4.84. The van der Waals surface area contributed by atoms with Crippen LogP contribution in [0.25, 0.3) is 0 Å². The van der Waals surface area contributed by atoms with Crippen molar-refractivity contribution in [2.24, 2.45) is 0 Å². The van der Waals surface area contributed by atoms with Crippen molar-refractivity contribution in [3.63, 3.8) is 0 Å². The molecular weight excluding hydrogens is 314 g/mol. The van der Waals surface area contributed by atoms with E-state index in [0.29, 0.717) is 0 Å². The first kappa shape index (κ1) is 15.1. The second-order valence-corrected chi connectivity index (χ2v) is 5.82. The first-order valence-electron chi connectivity index (χ1n) is 6.83. The minimum atomic E-state index is -0.450. The van der Waals surface area contributed by atoms with Gasteiger partial charge < -0.3 is 10.0 Å². The molecule has 0 aliphatic rings. The van der Waals surface area contributed by atoms with Gasteiger partial charge >= 0.3 is 0 Å². The second kappa shape index (κ2) is 6.42. The van der Waals surface area contributed by atoms with E-state index in [0.717, 1.165) is 27.8 Å². The third-order valence-corrected chi connectivity index (χ3v) is 4.18. The van der Waals surface area contributed by atoms with Crippen molar-refractivity contribution in [2.75, 3.05) is 11.9 Å². The van der Waals surface area contributed by atoms with E-state index in [4.69, 9.17) is 0 Å². The number of hydrogen-bond acceptors (Lipinski definition) is 2. The maximum absolute atomic E-state index is 9.62. The summed E-state index contributed by atoms with van der Waals surface area (Å²) in [6, 6.07) is 14.5. The molecule has 0 saturated carbocycles. The average Bonchev–Trinajstić information content (AvgIpc) is 2.46. The van der Waals surface area contributed by atoms with Crippen molar-refractivity contribution >= 4 is 27.3 Å². The van der Waals surface area contributed by atoms with E-state index in [2.05, 4.69) is 52.0 Å². The molecule has 2 nitrogen and oxygen atoms in total. The number of rotatable bonds is 4. The van der Waals surface area contributed by atoms with Gasteiger partial charge in [-0.3, -0.25) is 0 Å². The van der Waals surface area contributed by atoms with E-state index in [-0.39, 0.29) is 0 Å². The molecule has 0 amide bonds. The monoisotopic (exact) mass is 333 g/mol. The molecule has 0 bridgehead atoms. The van der Waals surface area contributed by atoms with Crippen LogP contribution in [0.3, 0.4) is 0 Å². The molecule has 0 heterocycles. The van der Waals surface area contributed by atoms with Gasteiger partial charge in [0.15, 0.2) is 0 Å². The van der Waals surface area contributed by atoms with Crippen LogP contribution in [0.5, 0.6) is 0 Å². The normalized spacial score (nSPS) is 12.2. The fourth-order valence-corrected chi connectivity index (χ4v) is 2.81. The van der Waals surface area contributed by atoms with E-state index in [1.54, 1.807) is 6.92 Å². The zero-order valence-corrected chi connectivity index (χ0v) is 13.7. The number of aryl methyl sites for hydroxylation is 1. The Labute approximate surface area is 129 Å². The number of benzene rings is 2. The molecule has 2 rings (SSSR count). The van der Waals surface area contributed by atoms with Crippen LogP contribution in [0.2, 0.25) is 0 Å². The van der Waals surface area contributed by atoms with Crippen LogP contribution in [0.15, 0.2) is 46.9 Å². The number of aliphatic hydroxyl groups is 1. The molecule has 0 saturated heterocycles. The van der Waals surface area contributed by atoms with Gasteiger partial charge in [0.2, 0.25) is 0 Å². The number of halogens is 1. The van der Waals surface area contributed by atoms with E-state index in [1.807, 2.05) is 25.2 Å². The van der Waals surface area contributed by atoms with Crippen molar-refractivity contribution in [3.05, 3.63) is 58.1 Å². The molecule has 106 valence electrons. The first-order valence-corrected chi connectivity index (χ1v) is 7.62. The molecule has 0 radical (unpaired) electrons. The molecule has 0 spiro atoms. The highest BCUT2D eigenvalue weighted by Gasteiger charge is 2.10. The molecule has 1 atom stereocenters. The second-order valence-electron chi connectivity index (χ2n) is 4.97. The minimum absolute atomic E-state index is 0.450. The van der Waals surface area contributed by atoms with Gasteiger partial charge in [0.1, 0.15) is 0 Å². The standard InChI is InChI=1S/C17H20BrNO/c1-4-13-5-8-15(9-6-13)19(3)17-10-7-14(12(2)20)11-16(17)18/h5-12,20H,4H2,1-3H3/t12-/m1/s1. The van der Waals surface area contributed by atoms with Crippen LogP contribution in [0, 0.1) is 0 Å². The highest BCUT2D eigenvalue weighted by Crippen LogP contribution is 2.33. The smallest absolute Gasteiger partial charge is 0.0762 e. The zero-order chi connectivity index (χ0) is 14.7. The molecule has 0 aliphatic heterocycles. The van der Waals surface area contributed by atoms with Crippen LogP contribution in [0.1, 0.15) is 31.1 Å². The fourth-order valence-electron chi connectivity index (χ4n) is 2.15. The van der Waals surface area contributed by atoms with E-state index in [1.165, 1.54) is 5.56 Å². The lowest BCUT2D eigenvalue weighted by Crippen LogP contribution is -2.10. The number of anilines is 2. The molecule has 0 aromatic heterocycles. The zero-order valence-electron chi connectivity index (χ0n) is 12.1. The Bertz CT molecular complexity index is 578. The Hall–Kier alpha value is -1.32. The molecule has 2 aromatic rings. The lowest BCUT2D eigenvalue weighted by atomic mass is 10.1. The van der Waals surface area contributed by atoms with Crippen LogP contribution in [-0.2, 0) is 6.42 Å². The van der Waals surface area contributed by atoms with E-state index in [9.17, 15) is 5.11 Å². The highest BCUT2D eigenvalue weighted by molar-refractivity contribution is 9.10. The largest absolute Gasteiger partial charge is 0.389 e. The summed E-state index contributed by atoms with van der Waals surface area (Å²) in [6.07, 6.45) is 0.603. The van der Waals surface area contributed by atoms with Crippen molar-refractivity contribution in [1.82, 2.24) is 0 Å². The van der Waals surface area contributed by atoms with E-state index >= 15 is 0 Å². The van der Waals surface area contributed by atoms with Gasteiger partial charge in [0.25, 0.3) is 0 Å². The van der Waals surface area contributed by atoms with Gasteiger partial charge in [-0.15, -0.1) is 0 Å². The summed E-state index contributed by atoms with van der Waals surface area (Å²) in [5.74, 6) is 0. The molecule has 2 aromatic carbocycles.